The molecule has 2 bridgehead atoms. The minimum Gasteiger partial charge on any atom is -0.444 e. The van der Waals surface area contributed by atoms with Crippen LogP contribution in [0.3, 0.4) is 0 Å². The standard InChI is InChI=1S/C21H29NO3/c1-15(16-9-6-5-7-10-16)21(24)13-17-11-8-12-18(14-21)22(17)19(23)25-20(2,3)4/h5-7,9-10,17-18,24H,1,8,11-14H2,2-4H3. The minimum absolute atomic E-state index is 0.00723. The Morgan fingerprint density at radius 2 is 1.76 bits per heavy atom. The summed E-state index contributed by atoms with van der Waals surface area (Å²) < 4.78 is 5.61. The molecular formula is C21H29NO3. The summed E-state index contributed by atoms with van der Waals surface area (Å²) in [6.45, 7) is 9.85. The summed E-state index contributed by atoms with van der Waals surface area (Å²) in [6.07, 6.45) is 3.69. The zero-order valence-electron chi connectivity index (χ0n) is 15.5. The van der Waals surface area contributed by atoms with Gasteiger partial charge in [0.25, 0.3) is 0 Å². The SMILES string of the molecule is C=C(c1ccccc1)C1(O)CC2CCCC(C1)N2C(=O)OC(C)(C)C. The fourth-order valence-corrected chi connectivity index (χ4v) is 4.20. The van der Waals surface area contributed by atoms with Gasteiger partial charge in [-0.1, -0.05) is 36.9 Å². The Bertz CT molecular complexity index is 633. The van der Waals surface area contributed by atoms with E-state index in [4.69, 9.17) is 4.74 Å². The molecule has 25 heavy (non-hydrogen) atoms. The summed E-state index contributed by atoms with van der Waals surface area (Å²) in [7, 11) is 0. The molecule has 2 aliphatic rings. The highest BCUT2D eigenvalue weighted by Gasteiger charge is 2.49. The number of carbonyl (C=O) groups is 1. The normalized spacial score (nSPS) is 29.2. The molecule has 2 aliphatic heterocycles. The monoisotopic (exact) mass is 343 g/mol. The molecule has 4 nitrogen and oxygen atoms in total. The Balaban J connectivity index is 1.81. The van der Waals surface area contributed by atoms with Crippen LogP contribution in [-0.2, 0) is 4.74 Å². The number of rotatable bonds is 2. The van der Waals surface area contributed by atoms with E-state index in [1.54, 1.807) is 0 Å². The van der Waals surface area contributed by atoms with E-state index in [-0.39, 0.29) is 18.2 Å². The van der Waals surface area contributed by atoms with Gasteiger partial charge in [0.15, 0.2) is 0 Å². The molecule has 1 amide bonds. The van der Waals surface area contributed by atoms with Crippen LogP contribution in [0.15, 0.2) is 36.9 Å². The van der Waals surface area contributed by atoms with E-state index in [0.717, 1.165) is 30.4 Å². The van der Waals surface area contributed by atoms with Gasteiger partial charge < -0.3 is 14.7 Å². The van der Waals surface area contributed by atoms with Crippen molar-refractivity contribution in [2.75, 3.05) is 0 Å². The van der Waals surface area contributed by atoms with Gasteiger partial charge in [-0.25, -0.2) is 4.79 Å². The van der Waals surface area contributed by atoms with Crippen molar-refractivity contribution in [2.45, 2.75) is 76.2 Å². The maximum absolute atomic E-state index is 12.7. The van der Waals surface area contributed by atoms with E-state index in [9.17, 15) is 9.90 Å². The molecular weight excluding hydrogens is 314 g/mol. The molecule has 136 valence electrons. The van der Waals surface area contributed by atoms with Gasteiger partial charge >= 0.3 is 6.09 Å². The smallest absolute Gasteiger partial charge is 0.410 e. The summed E-state index contributed by atoms with van der Waals surface area (Å²) >= 11 is 0. The van der Waals surface area contributed by atoms with Crippen LogP contribution in [0.4, 0.5) is 4.79 Å². The number of piperidine rings is 2. The highest BCUT2D eigenvalue weighted by atomic mass is 16.6. The van der Waals surface area contributed by atoms with Crippen LogP contribution >= 0.6 is 0 Å². The summed E-state index contributed by atoms with van der Waals surface area (Å²) in [4.78, 5) is 14.6. The van der Waals surface area contributed by atoms with Crippen molar-refractivity contribution in [1.29, 1.82) is 0 Å². The van der Waals surface area contributed by atoms with Crippen molar-refractivity contribution in [3.8, 4) is 0 Å². The number of carbonyl (C=O) groups excluding carboxylic acids is 1. The van der Waals surface area contributed by atoms with Gasteiger partial charge in [0, 0.05) is 24.9 Å². The summed E-state index contributed by atoms with van der Waals surface area (Å²) in [6, 6.07) is 9.86. The molecule has 0 saturated carbocycles. The van der Waals surface area contributed by atoms with Gasteiger partial charge in [0.1, 0.15) is 5.60 Å². The molecule has 0 radical (unpaired) electrons. The molecule has 0 spiro atoms. The number of amides is 1. The Hall–Kier alpha value is -1.81. The molecule has 2 unspecified atom stereocenters. The molecule has 4 heteroatoms. The van der Waals surface area contributed by atoms with Crippen LogP contribution < -0.4 is 0 Å². The first-order valence-corrected chi connectivity index (χ1v) is 9.18. The summed E-state index contributed by atoms with van der Waals surface area (Å²) in [5.74, 6) is 0. The van der Waals surface area contributed by atoms with Crippen LogP contribution in [0.5, 0.6) is 0 Å². The fourth-order valence-electron chi connectivity index (χ4n) is 4.20. The van der Waals surface area contributed by atoms with Gasteiger partial charge in [0.05, 0.1) is 5.60 Å². The van der Waals surface area contributed by atoms with E-state index >= 15 is 0 Å². The largest absolute Gasteiger partial charge is 0.444 e. The topological polar surface area (TPSA) is 49.8 Å². The van der Waals surface area contributed by atoms with Crippen LogP contribution in [0, 0.1) is 0 Å². The number of benzene rings is 1. The first-order valence-electron chi connectivity index (χ1n) is 9.18. The zero-order valence-corrected chi connectivity index (χ0v) is 15.5. The van der Waals surface area contributed by atoms with E-state index in [2.05, 4.69) is 6.58 Å². The molecule has 3 rings (SSSR count). The molecule has 0 aromatic heterocycles. The van der Waals surface area contributed by atoms with Gasteiger partial charge in [-0.15, -0.1) is 0 Å². The van der Waals surface area contributed by atoms with Gasteiger partial charge in [-0.3, -0.25) is 0 Å². The zero-order chi connectivity index (χ0) is 18.2. The third kappa shape index (κ3) is 3.74. The van der Waals surface area contributed by atoms with Crippen LogP contribution in [-0.4, -0.2) is 39.4 Å². The Morgan fingerprint density at radius 3 is 2.28 bits per heavy atom. The minimum atomic E-state index is -0.963. The fraction of sp³-hybridized carbons (Fsp3) is 0.571. The third-order valence-corrected chi connectivity index (χ3v) is 5.30. The molecule has 2 fully saturated rings. The summed E-state index contributed by atoms with van der Waals surface area (Å²) in [5, 5.41) is 11.4. The third-order valence-electron chi connectivity index (χ3n) is 5.30. The van der Waals surface area contributed by atoms with Gasteiger partial charge in [-0.05, 0) is 51.2 Å². The lowest BCUT2D eigenvalue weighted by molar-refractivity contribution is -0.0671. The van der Waals surface area contributed by atoms with Gasteiger partial charge in [0.2, 0.25) is 0 Å². The Kier molecular flexibility index (Phi) is 4.67. The predicted molar refractivity (Wildman–Crippen MR) is 99.2 cm³/mol. The average molecular weight is 343 g/mol. The van der Waals surface area contributed by atoms with E-state index < -0.39 is 11.2 Å². The Morgan fingerprint density at radius 1 is 1.20 bits per heavy atom. The number of hydrogen-bond acceptors (Lipinski definition) is 3. The number of hydrogen-bond donors (Lipinski definition) is 1. The molecule has 1 aromatic rings. The highest BCUT2D eigenvalue weighted by Crippen LogP contribution is 2.45. The number of nitrogens with zero attached hydrogens (tertiary/aromatic N) is 1. The average Bonchev–Trinajstić information content (AvgIpc) is 2.52. The summed E-state index contributed by atoms with van der Waals surface area (Å²) in [5.41, 5.74) is 0.255. The van der Waals surface area contributed by atoms with Gasteiger partial charge in [-0.2, -0.15) is 0 Å². The lowest BCUT2D eigenvalue weighted by atomic mass is 9.71. The molecule has 2 saturated heterocycles. The second-order valence-corrected chi connectivity index (χ2v) is 8.41. The van der Waals surface area contributed by atoms with Crippen molar-refractivity contribution in [3.05, 3.63) is 42.5 Å². The maximum atomic E-state index is 12.7. The van der Waals surface area contributed by atoms with Crippen molar-refractivity contribution in [1.82, 2.24) is 4.90 Å². The van der Waals surface area contributed by atoms with Crippen LogP contribution in [0.1, 0.15) is 58.4 Å². The molecule has 2 heterocycles. The molecule has 2 atom stereocenters. The van der Waals surface area contributed by atoms with E-state index in [0.29, 0.717) is 12.8 Å². The lowest BCUT2D eigenvalue weighted by Gasteiger charge is -2.52. The number of ether oxygens (including phenoxy) is 1. The first kappa shape index (κ1) is 18.0. The number of aliphatic hydroxyl groups is 1. The molecule has 0 aliphatic carbocycles. The van der Waals surface area contributed by atoms with E-state index in [1.807, 2.05) is 56.0 Å². The first-order chi connectivity index (χ1) is 11.7. The Labute approximate surface area is 150 Å². The van der Waals surface area contributed by atoms with Crippen molar-refractivity contribution in [2.24, 2.45) is 0 Å². The quantitative estimate of drug-likeness (QED) is 0.867. The second kappa shape index (κ2) is 6.49. The van der Waals surface area contributed by atoms with Crippen molar-refractivity contribution >= 4 is 11.7 Å². The lowest BCUT2D eigenvalue weighted by Crippen LogP contribution is -2.60. The predicted octanol–water partition coefficient (Wildman–Crippen LogP) is 4.38. The maximum Gasteiger partial charge on any atom is 0.410 e. The highest BCUT2D eigenvalue weighted by molar-refractivity contribution is 5.73. The molecule has 1 N–H and O–H groups in total. The molecule has 1 aromatic carbocycles. The van der Waals surface area contributed by atoms with Crippen molar-refractivity contribution in [3.63, 3.8) is 0 Å². The van der Waals surface area contributed by atoms with E-state index in [1.165, 1.54) is 0 Å². The number of fused-ring (bicyclic) bond motifs is 2. The van der Waals surface area contributed by atoms with Crippen LogP contribution in [0.25, 0.3) is 5.57 Å². The second-order valence-electron chi connectivity index (χ2n) is 8.41. The van der Waals surface area contributed by atoms with Crippen LogP contribution in [0.2, 0.25) is 0 Å². The van der Waals surface area contributed by atoms with Crippen molar-refractivity contribution < 1.29 is 14.6 Å².